The third kappa shape index (κ3) is 6.12. The molecule has 0 aliphatic heterocycles. The van der Waals surface area contributed by atoms with Crippen molar-refractivity contribution in [3.8, 4) is 5.75 Å². The molecule has 6 nitrogen and oxygen atoms in total. The first-order valence-electron chi connectivity index (χ1n) is 12.6. The zero-order chi connectivity index (χ0) is 29.2. The van der Waals surface area contributed by atoms with Gasteiger partial charge in [-0.3, -0.25) is 9.10 Å². The summed E-state index contributed by atoms with van der Waals surface area (Å²) >= 11 is 0. The molecule has 0 atom stereocenters. The van der Waals surface area contributed by atoms with Crippen LogP contribution in [0.1, 0.15) is 22.3 Å². The fraction of sp³-hybridized carbons (Fsp3) is 0.129. The minimum Gasteiger partial charge on any atom is -0.497 e. The van der Waals surface area contributed by atoms with Crippen molar-refractivity contribution in [3.05, 3.63) is 136 Å². The van der Waals surface area contributed by atoms with Crippen LogP contribution in [0.3, 0.4) is 0 Å². The molecule has 0 fully saturated rings. The van der Waals surface area contributed by atoms with Crippen molar-refractivity contribution in [2.75, 3.05) is 11.4 Å². The van der Waals surface area contributed by atoms with E-state index in [1.54, 1.807) is 42.5 Å². The Labute approximate surface area is 234 Å². The lowest BCUT2D eigenvalue weighted by Gasteiger charge is -2.25. The van der Waals surface area contributed by atoms with Gasteiger partial charge in [-0.1, -0.05) is 48.5 Å². The van der Waals surface area contributed by atoms with Crippen molar-refractivity contribution < 1.29 is 26.3 Å². The van der Waals surface area contributed by atoms with E-state index in [-0.39, 0.29) is 28.8 Å². The number of pyridine rings is 1. The van der Waals surface area contributed by atoms with Crippen molar-refractivity contribution in [3.63, 3.8) is 0 Å². The van der Waals surface area contributed by atoms with Crippen LogP contribution in [-0.4, -0.2) is 20.5 Å². The number of hydrogen-bond donors (Lipinski definition) is 1. The number of rotatable bonds is 8. The summed E-state index contributed by atoms with van der Waals surface area (Å²) in [5.74, 6) is 0.595. The molecule has 210 valence electrons. The van der Waals surface area contributed by atoms with Gasteiger partial charge in [0.25, 0.3) is 10.0 Å². The Bertz CT molecular complexity index is 1840. The van der Waals surface area contributed by atoms with Gasteiger partial charge >= 0.3 is 6.18 Å². The largest absolute Gasteiger partial charge is 0.497 e. The number of benzene rings is 4. The average Bonchev–Trinajstić information content (AvgIpc) is 2.96. The van der Waals surface area contributed by atoms with Crippen molar-refractivity contribution in [2.24, 2.45) is 0 Å². The number of nitrogens with one attached hydrogen (secondary N) is 1. The van der Waals surface area contributed by atoms with Crippen LogP contribution in [0.4, 0.5) is 18.9 Å². The molecule has 0 unspecified atom stereocenters. The molecule has 10 heteroatoms. The number of alkyl halides is 3. The number of nitrogens with zero attached hydrogens (tertiary/aromatic N) is 1. The number of hydrogen-bond acceptors (Lipinski definition) is 4. The Hall–Kier alpha value is -4.57. The van der Waals surface area contributed by atoms with Gasteiger partial charge in [0.2, 0.25) is 5.56 Å². The molecule has 0 aliphatic rings. The summed E-state index contributed by atoms with van der Waals surface area (Å²) in [5.41, 5.74) is 0.816. The molecule has 1 heterocycles. The summed E-state index contributed by atoms with van der Waals surface area (Å²) in [7, 11) is -2.45. The summed E-state index contributed by atoms with van der Waals surface area (Å²) in [6.07, 6.45) is -4.42. The number of aromatic amines is 1. The number of fused-ring (bicyclic) bond motifs is 1. The number of sulfonamides is 1. The highest BCUT2D eigenvalue weighted by Crippen LogP contribution is 2.34. The zero-order valence-electron chi connectivity index (χ0n) is 21.9. The first-order chi connectivity index (χ1) is 19.5. The standard InChI is InChI=1S/C31H25F3N2O4S/c1-40-25-12-10-24(11-13-25)36(20-22-5-3-2-4-6-22)41(38,39)26-14-7-21(8-15-26)17-23-9-16-29-27(18-23)28(31(32,33)34)19-30(37)35-29/h2-16,18-19H,17,20H2,1H3,(H,35,37). The molecule has 0 bridgehead atoms. The van der Waals surface area contributed by atoms with E-state index < -0.39 is 27.3 Å². The van der Waals surface area contributed by atoms with Gasteiger partial charge in [0.15, 0.2) is 0 Å². The van der Waals surface area contributed by atoms with Gasteiger partial charge in [0.05, 0.1) is 29.8 Å². The van der Waals surface area contributed by atoms with E-state index in [9.17, 15) is 26.4 Å². The van der Waals surface area contributed by atoms with Gasteiger partial charge in [-0.05, 0) is 71.6 Å². The maximum absolute atomic E-state index is 13.8. The lowest BCUT2D eigenvalue weighted by molar-refractivity contribution is -0.136. The van der Waals surface area contributed by atoms with Gasteiger partial charge in [-0.25, -0.2) is 8.42 Å². The van der Waals surface area contributed by atoms with Crippen molar-refractivity contribution >= 4 is 26.6 Å². The second-order valence-electron chi connectivity index (χ2n) is 9.44. The maximum Gasteiger partial charge on any atom is 0.417 e. The summed E-state index contributed by atoms with van der Waals surface area (Å²) in [6, 6.07) is 27.2. The van der Waals surface area contributed by atoms with Gasteiger partial charge in [0, 0.05) is 17.0 Å². The molecule has 0 saturated heterocycles. The zero-order valence-corrected chi connectivity index (χ0v) is 22.7. The molecule has 1 aromatic heterocycles. The number of H-pyrrole nitrogens is 1. The summed E-state index contributed by atoms with van der Waals surface area (Å²) in [4.78, 5) is 14.2. The van der Waals surface area contributed by atoms with E-state index in [4.69, 9.17) is 4.74 Å². The van der Waals surface area contributed by atoms with E-state index in [0.29, 0.717) is 28.6 Å². The monoisotopic (exact) mass is 578 g/mol. The molecule has 0 amide bonds. The number of halogens is 3. The minimum atomic E-state index is -4.68. The molecule has 5 aromatic rings. The molecule has 41 heavy (non-hydrogen) atoms. The summed E-state index contributed by atoms with van der Waals surface area (Å²) < 4.78 is 74.9. The van der Waals surface area contributed by atoms with E-state index >= 15 is 0 Å². The normalized spacial score (nSPS) is 11.9. The van der Waals surface area contributed by atoms with Crippen LogP contribution in [0, 0.1) is 0 Å². The van der Waals surface area contributed by atoms with Crippen LogP contribution in [0.5, 0.6) is 5.75 Å². The molecule has 1 N–H and O–H groups in total. The molecular weight excluding hydrogens is 553 g/mol. The number of anilines is 1. The molecule has 5 rings (SSSR count). The van der Waals surface area contributed by atoms with Gasteiger partial charge in [-0.2, -0.15) is 13.2 Å². The fourth-order valence-corrected chi connectivity index (χ4v) is 6.05. The second kappa shape index (κ2) is 11.1. The third-order valence-corrected chi connectivity index (χ3v) is 8.45. The molecule has 0 radical (unpaired) electrons. The summed E-state index contributed by atoms with van der Waals surface area (Å²) in [6.45, 7) is 0.109. The molecular formula is C31H25F3N2O4S. The molecule has 0 spiro atoms. The van der Waals surface area contributed by atoms with E-state index in [1.807, 2.05) is 30.3 Å². The smallest absolute Gasteiger partial charge is 0.417 e. The fourth-order valence-electron chi connectivity index (χ4n) is 4.60. The van der Waals surface area contributed by atoms with Gasteiger partial charge < -0.3 is 9.72 Å². The quantitative estimate of drug-likeness (QED) is 0.227. The maximum atomic E-state index is 13.8. The lowest BCUT2D eigenvalue weighted by Crippen LogP contribution is -2.30. The van der Waals surface area contributed by atoms with Crippen LogP contribution in [0.2, 0.25) is 0 Å². The number of aromatic nitrogens is 1. The SMILES string of the molecule is COc1ccc(N(Cc2ccccc2)S(=O)(=O)c2ccc(Cc3ccc4[nH]c(=O)cc(C(F)(F)F)c4c3)cc2)cc1. The van der Waals surface area contributed by atoms with Crippen LogP contribution in [0.15, 0.2) is 113 Å². The van der Waals surface area contributed by atoms with E-state index in [1.165, 1.54) is 35.7 Å². The van der Waals surface area contributed by atoms with Gasteiger partial charge in [-0.15, -0.1) is 0 Å². The number of methoxy groups -OCH3 is 1. The van der Waals surface area contributed by atoms with Crippen LogP contribution in [-0.2, 0) is 29.2 Å². The Kier molecular flexibility index (Phi) is 7.59. The second-order valence-corrected chi connectivity index (χ2v) is 11.3. The molecule has 0 saturated carbocycles. The van der Waals surface area contributed by atoms with Crippen LogP contribution >= 0.6 is 0 Å². The highest BCUT2D eigenvalue weighted by Gasteiger charge is 2.33. The average molecular weight is 579 g/mol. The molecule has 4 aromatic carbocycles. The Balaban J connectivity index is 1.45. The Morgan fingerprint density at radius 1 is 0.805 bits per heavy atom. The first-order valence-corrected chi connectivity index (χ1v) is 14.0. The topological polar surface area (TPSA) is 79.5 Å². The van der Waals surface area contributed by atoms with E-state index in [0.717, 1.165) is 5.56 Å². The minimum absolute atomic E-state index is 0.0726. The Morgan fingerprint density at radius 3 is 2.10 bits per heavy atom. The first kappa shape index (κ1) is 28.0. The Morgan fingerprint density at radius 2 is 1.46 bits per heavy atom. The summed E-state index contributed by atoms with van der Waals surface area (Å²) in [5, 5.41) is -0.107. The van der Waals surface area contributed by atoms with Crippen molar-refractivity contribution in [1.82, 2.24) is 4.98 Å². The molecule has 0 aliphatic carbocycles. The van der Waals surface area contributed by atoms with Crippen molar-refractivity contribution in [2.45, 2.75) is 24.0 Å². The highest BCUT2D eigenvalue weighted by molar-refractivity contribution is 7.92. The van der Waals surface area contributed by atoms with Crippen LogP contribution < -0.4 is 14.6 Å². The van der Waals surface area contributed by atoms with E-state index in [2.05, 4.69) is 4.98 Å². The van der Waals surface area contributed by atoms with Crippen LogP contribution in [0.25, 0.3) is 10.9 Å². The highest BCUT2D eigenvalue weighted by atomic mass is 32.2. The van der Waals surface area contributed by atoms with Gasteiger partial charge in [0.1, 0.15) is 5.75 Å². The third-order valence-electron chi connectivity index (χ3n) is 6.66. The predicted octanol–water partition coefficient (Wildman–Crippen LogP) is 6.54. The van der Waals surface area contributed by atoms with Crippen molar-refractivity contribution in [1.29, 1.82) is 0 Å². The lowest BCUT2D eigenvalue weighted by atomic mass is 10.0. The number of ether oxygens (including phenoxy) is 1. The predicted molar refractivity (Wildman–Crippen MR) is 152 cm³/mol.